The third kappa shape index (κ3) is 3.00. The lowest BCUT2D eigenvalue weighted by atomic mass is 9.77. The van der Waals surface area contributed by atoms with Crippen molar-refractivity contribution in [2.24, 2.45) is 0 Å². The van der Waals surface area contributed by atoms with E-state index in [0.29, 0.717) is 22.3 Å². The van der Waals surface area contributed by atoms with Crippen LogP contribution in [-0.2, 0) is 20.9 Å². The third-order valence-corrected chi connectivity index (χ3v) is 5.39. The highest BCUT2D eigenvalue weighted by molar-refractivity contribution is 6.00. The number of aliphatic hydroxyl groups excluding tert-OH is 1. The number of phenolic OH excluding ortho intramolecular Hbond substituents is 1. The number of aliphatic hydroxyl groups is 1. The molecule has 1 heterocycles. The van der Waals surface area contributed by atoms with Crippen LogP contribution >= 0.6 is 0 Å². The molecule has 0 saturated carbocycles. The third-order valence-electron chi connectivity index (χ3n) is 5.39. The van der Waals surface area contributed by atoms with E-state index in [-0.39, 0.29) is 47.6 Å². The summed E-state index contributed by atoms with van der Waals surface area (Å²) in [5, 5.41) is 21.3. The van der Waals surface area contributed by atoms with E-state index in [9.17, 15) is 19.8 Å². The molecule has 1 aromatic rings. The quantitative estimate of drug-likeness (QED) is 0.352. The molecule has 2 aliphatic rings. The average molecular weight is 376 g/mol. The van der Waals surface area contributed by atoms with Gasteiger partial charge in [-0.05, 0) is 26.3 Å². The van der Waals surface area contributed by atoms with E-state index in [1.54, 1.807) is 19.9 Å². The highest BCUT2D eigenvalue weighted by Crippen LogP contribution is 2.56. The summed E-state index contributed by atoms with van der Waals surface area (Å²) in [4.78, 5) is 24.4. The monoisotopic (exact) mass is 376 g/mol. The van der Waals surface area contributed by atoms with Gasteiger partial charge in [-0.15, -0.1) is 0 Å². The SMILES string of the molecule is C/C=C(/C)C(=O)OCc1c(C(C)=O)c(O)c(OC)c2c1[C@@H](C)[C@@H]1O[C@@H]1[C@H]2O. The minimum Gasteiger partial charge on any atom is -0.504 e. The van der Waals surface area contributed by atoms with Gasteiger partial charge in [0.25, 0.3) is 0 Å². The highest BCUT2D eigenvalue weighted by Gasteiger charge is 2.55. The molecule has 2 N–H and O–H groups in total. The lowest BCUT2D eigenvalue weighted by Crippen LogP contribution is -2.25. The number of aromatic hydroxyl groups is 1. The number of carbonyl (C=O) groups is 2. The minimum absolute atomic E-state index is 0.0367. The number of esters is 1. The average Bonchev–Trinajstić information content (AvgIpc) is 3.43. The molecule has 0 spiro atoms. The molecule has 1 aliphatic heterocycles. The first kappa shape index (κ1) is 19.4. The van der Waals surface area contributed by atoms with Gasteiger partial charge in [0.1, 0.15) is 18.8 Å². The molecule has 4 atom stereocenters. The van der Waals surface area contributed by atoms with Gasteiger partial charge in [0.15, 0.2) is 17.3 Å². The van der Waals surface area contributed by atoms with Crippen LogP contribution in [0.5, 0.6) is 11.5 Å². The molecule has 1 saturated heterocycles. The van der Waals surface area contributed by atoms with Crippen molar-refractivity contribution in [3.63, 3.8) is 0 Å². The normalized spacial score (nSPS) is 26.1. The first-order valence-electron chi connectivity index (χ1n) is 8.84. The number of fused-ring (bicyclic) bond motifs is 2. The van der Waals surface area contributed by atoms with Crippen LogP contribution < -0.4 is 4.74 Å². The lowest BCUT2D eigenvalue weighted by molar-refractivity contribution is -0.140. The molecule has 0 aromatic heterocycles. The summed E-state index contributed by atoms with van der Waals surface area (Å²) in [5.74, 6) is -1.35. The van der Waals surface area contributed by atoms with Crippen molar-refractivity contribution in [3.05, 3.63) is 33.9 Å². The number of rotatable bonds is 5. The van der Waals surface area contributed by atoms with Gasteiger partial charge in [-0.2, -0.15) is 0 Å². The molecule has 3 rings (SSSR count). The number of allylic oxidation sites excluding steroid dienone is 1. The summed E-state index contributed by atoms with van der Waals surface area (Å²) in [5.41, 5.74) is 1.87. The second-order valence-electron chi connectivity index (χ2n) is 6.97. The smallest absolute Gasteiger partial charge is 0.333 e. The molecule has 1 fully saturated rings. The van der Waals surface area contributed by atoms with E-state index in [1.807, 2.05) is 6.92 Å². The Kier molecular flexibility index (Phi) is 5.01. The highest BCUT2D eigenvalue weighted by atomic mass is 16.6. The number of Topliss-reactive ketones (excluding diaryl/α,β-unsaturated/α-hetero) is 1. The molecule has 0 radical (unpaired) electrons. The van der Waals surface area contributed by atoms with E-state index in [1.165, 1.54) is 14.0 Å². The Labute approximate surface area is 157 Å². The summed E-state index contributed by atoms with van der Waals surface area (Å²) < 4.78 is 16.3. The molecule has 146 valence electrons. The Morgan fingerprint density at radius 3 is 2.44 bits per heavy atom. The Morgan fingerprint density at radius 2 is 1.89 bits per heavy atom. The van der Waals surface area contributed by atoms with Crippen LogP contribution in [0.3, 0.4) is 0 Å². The van der Waals surface area contributed by atoms with Crippen molar-refractivity contribution in [2.45, 2.75) is 58.5 Å². The van der Waals surface area contributed by atoms with Gasteiger partial charge in [-0.1, -0.05) is 13.0 Å². The second kappa shape index (κ2) is 6.98. The van der Waals surface area contributed by atoms with E-state index >= 15 is 0 Å². The molecule has 1 aromatic carbocycles. The maximum absolute atomic E-state index is 12.3. The largest absolute Gasteiger partial charge is 0.504 e. The van der Waals surface area contributed by atoms with Crippen molar-refractivity contribution in [1.29, 1.82) is 0 Å². The number of methoxy groups -OCH3 is 1. The van der Waals surface area contributed by atoms with Crippen LogP contribution in [0.25, 0.3) is 0 Å². The topological polar surface area (TPSA) is 106 Å². The molecule has 7 nitrogen and oxygen atoms in total. The van der Waals surface area contributed by atoms with Crippen LogP contribution in [-0.4, -0.2) is 41.3 Å². The molecule has 0 unspecified atom stereocenters. The van der Waals surface area contributed by atoms with Crippen LogP contribution in [0.15, 0.2) is 11.6 Å². The van der Waals surface area contributed by atoms with E-state index < -0.39 is 12.1 Å². The van der Waals surface area contributed by atoms with E-state index in [4.69, 9.17) is 14.2 Å². The Balaban J connectivity index is 2.19. The fraction of sp³-hybridized carbons (Fsp3) is 0.500. The van der Waals surface area contributed by atoms with E-state index in [0.717, 1.165) is 0 Å². The van der Waals surface area contributed by atoms with Gasteiger partial charge in [0.2, 0.25) is 0 Å². The summed E-state index contributed by atoms with van der Waals surface area (Å²) in [6, 6.07) is 0. The lowest BCUT2D eigenvalue weighted by Gasteiger charge is -2.30. The second-order valence-corrected chi connectivity index (χ2v) is 6.97. The number of hydrogen-bond donors (Lipinski definition) is 2. The summed E-state index contributed by atoms with van der Waals surface area (Å²) in [6.45, 7) is 6.39. The molecule has 27 heavy (non-hydrogen) atoms. The number of phenols is 1. The van der Waals surface area contributed by atoms with Crippen molar-refractivity contribution < 1.29 is 34.0 Å². The fourth-order valence-electron chi connectivity index (χ4n) is 3.84. The molecule has 0 amide bonds. The van der Waals surface area contributed by atoms with Gasteiger partial charge < -0.3 is 24.4 Å². The summed E-state index contributed by atoms with van der Waals surface area (Å²) in [7, 11) is 1.37. The number of ketones is 1. The number of ether oxygens (including phenoxy) is 3. The van der Waals surface area contributed by atoms with Crippen molar-refractivity contribution in [2.75, 3.05) is 7.11 Å². The fourth-order valence-corrected chi connectivity index (χ4v) is 3.84. The first-order valence-corrected chi connectivity index (χ1v) is 8.84. The van der Waals surface area contributed by atoms with Crippen molar-refractivity contribution >= 4 is 11.8 Å². The molecule has 1 aliphatic carbocycles. The van der Waals surface area contributed by atoms with E-state index in [2.05, 4.69) is 0 Å². The van der Waals surface area contributed by atoms with Gasteiger partial charge in [0.05, 0.1) is 18.8 Å². The number of epoxide rings is 1. The molecule has 0 bridgehead atoms. The molecular weight excluding hydrogens is 352 g/mol. The summed E-state index contributed by atoms with van der Waals surface area (Å²) >= 11 is 0. The maximum atomic E-state index is 12.3. The Hall–Kier alpha value is -2.38. The van der Waals surface area contributed by atoms with Crippen molar-refractivity contribution in [1.82, 2.24) is 0 Å². The Bertz CT molecular complexity index is 839. The number of benzene rings is 1. The molecular formula is C20H24O7. The predicted octanol–water partition coefficient (Wildman–Crippen LogP) is 2.53. The minimum atomic E-state index is -0.991. The number of hydrogen-bond acceptors (Lipinski definition) is 7. The van der Waals surface area contributed by atoms with Gasteiger partial charge in [0, 0.05) is 22.6 Å². The number of carbonyl (C=O) groups excluding carboxylic acids is 2. The zero-order valence-corrected chi connectivity index (χ0v) is 16.0. The zero-order valence-electron chi connectivity index (χ0n) is 16.0. The van der Waals surface area contributed by atoms with Crippen LogP contribution in [0.2, 0.25) is 0 Å². The van der Waals surface area contributed by atoms with Crippen LogP contribution in [0.1, 0.15) is 66.8 Å². The first-order chi connectivity index (χ1) is 12.7. The van der Waals surface area contributed by atoms with Crippen LogP contribution in [0.4, 0.5) is 0 Å². The standard InChI is InChI=1S/C20H24O7/c1-6-8(2)20(24)26-7-11-12-9(3)17-19(27-17)16(23)14(12)18(25-5)15(22)13(11)10(4)21/h6,9,16-17,19,22-23H,7H2,1-5H3/b8-6-/t9-,16+,17+,19-/m1/s1. The Morgan fingerprint density at radius 1 is 1.22 bits per heavy atom. The van der Waals surface area contributed by atoms with Gasteiger partial charge in [-0.25, -0.2) is 4.79 Å². The van der Waals surface area contributed by atoms with Crippen molar-refractivity contribution in [3.8, 4) is 11.5 Å². The summed E-state index contributed by atoms with van der Waals surface area (Å²) in [6.07, 6.45) is 0.0807. The maximum Gasteiger partial charge on any atom is 0.333 e. The zero-order chi connectivity index (χ0) is 20.0. The van der Waals surface area contributed by atoms with Gasteiger partial charge >= 0.3 is 5.97 Å². The van der Waals surface area contributed by atoms with Gasteiger partial charge in [-0.3, -0.25) is 4.79 Å². The predicted molar refractivity (Wildman–Crippen MR) is 95.9 cm³/mol. The molecule has 7 heteroatoms. The van der Waals surface area contributed by atoms with Crippen LogP contribution in [0, 0.1) is 0 Å².